The molecule has 0 amide bonds. The van der Waals surface area contributed by atoms with Gasteiger partial charge in [-0.3, -0.25) is 0 Å². The Balaban J connectivity index is 4.01. The van der Waals surface area contributed by atoms with Gasteiger partial charge in [0, 0.05) is 23.7 Å². The predicted octanol–water partition coefficient (Wildman–Crippen LogP) is 2.09. The molecule has 0 heterocycles. The maximum absolute atomic E-state index is 2.58. The molecule has 55 valence electrons. The molecule has 0 saturated carbocycles. The van der Waals surface area contributed by atoms with Crippen LogP contribution in [0.3, 0.4) is 0 Å². The highest BCUT2D eigenvalue weighted by atomic mass is 29.6. The first-order valence-corrected chi connectivity index (χ1v) is 14.3. The van der Waals surface area contributed by atoms with Crippen LogP contribution in [-0.4, -0.2) is 23.7 Å². The van der Waals surface area contributed by atoms with Crippen LogP contribution in [0.4, 0.5) is 0 Å². The van der Waals surface area contributed by atoms with E-state index in [2.05, 4.69) is 39.3 Å². The van der Waals surface area contributed by atoms with E-state index in [-0.39, 0.29) is 16.6 Å². The Labute approximate surface area is 63.5 Å². The normalized spacial score (nSPS) is 13.3. The van der Waals surface area contributed by atoms with Crippen molar-refractivity contribution in [2.45, 2.75) is 39.3 Å². The fraction of sp³-hybridized carbons (Fsp3) is 1.00. The van der Waals surface area contributed by atoms with E-state index in [1.165, 1.54) is 0 Å². The minimum Gasteiger partial charge on any atom is -0.0743 e. The van der Waals surface area contributed by atoms with Gasteiger partial charge in [0.25, 0.3) is 0 Å². The first kappa shape index (κ1) is 9.65. The Morgan fingerprint density at radius 1 is 1.11 bits per heavy atom. The van der Waals surface area contributed by atoms with Crippen LogP contribution in [0.15, 0.2) is 0 Å². The Morgan fingerprint density at radius 3 is 1.44 bits per heavy atom. The quantitative estimate of drug-likeness (QED) is 0.564. The first-order valence-electron chi connectivity index (χ1n) is 3.69. The van der Waals surface area contributed by atoms with Gasteiger partial charge in [0.2, 0.25) is 0 Å². The molecule has 0 nitrogen and oxygen atoms in total. The van der Waals surface area contributed by atoms with E-state index in [9.17, 15) is 0 Å². The maximum atomic E-state index is 2.58. The Kier molecular flexibility index (Phi) is 3.39. The molecule has 0 saturated heterocycles. The zero-order valence-corrected chi connectivity index (χ0v) is 10.7. The second kappa shape index (κ2) is 3.16. The van der Waals surface area contributed by atoms with Gasteiger partial charge in [-0.25, -0.2) is 0 Å². The molecule has 0 spiro atoms. The zero-order chi connectivity index (χ0) is 7.65. The van der Waals surface area contributed by atoms with Gasteiger partial charge in [-0.05, 0) is 0 Å². The summed E-state index contributed by atoms with van der Waals surface area (Å²) in [6.07, 6.45) is 0. The summed E-state index contributed by atoms with van der Waals surface area (Å²) in [7, 11) is -0.780. The maximum Gasteiger partial charge on any atom is 0.0306 e. The van der Waals surface area contributed by atoms with Gasteiger partial charge in [-0.2, -0.15) is 0 Å². The summed E-state index contributed by atoms with van der Waals surface area (Å²) in [5.41, 5.74) is 0. The van der Waals surface area contributed by atoms with Crippen molar-refractivity contribution in [2.24, 2.45) is 0 Å². The lowest BCUT2D eigenvalue weighted by molar-refractivity contribution is 1.88. The summed E-state index contributed by atoms with van der Waals surface area (Å²) in [5.74, 6) is 0. The summed E-state index contributed by atoms with van der Waals surface area (Å²) >= 11 is 0. The lowest BCUT2D eigenvalue weighted by Gasteiger charge is -2.29. The van der Waals surface area contributed by atoms with Crippen LogP contribution in [0.25, 0.3) is 0 Å². The molecular weight excluding hydrogens is 156 g/mol. The monoisotopic (exact) mass is 175 g/mol. The van der Waals surface area contributed by atoms with Crippen molar-refractivity contribution in [2.75, 3.05) is 0 Å². The molecule has 0 N–H and O–H groups in total. The summed E-state index contributed by atoms with van der Waals surface area (Å²) in [6, 6.07) is 0. The summed E-state index contributed by atoms with van der Waals surface area (Å²) in [4.78, 5) is 0. The molecule has 0 aliphatic heterocycles. The van der Waals surface area contributed by atoms with Gasteiger partial charge in [0.15, 0.2) is 0 Å². The number of rotatable bonds is 2. The summed E-state index contributed by atoms with van der Waals surface area (Å²) < 4.78 is 0. The van der Waals surface area contributed by atoms with E-state index >= 15 is 0 Å². The molecule has 0 rings (SSSR count). The van der Waals surface area contributed by atoms with E-state index in [1.807, 2.05) is 0 Å². The Morgan fingerprint density at radius 2 is 1.44 bits per heavy atom. The summed E-state index contributed by atoms with van der Waals surface area (Å²) in [6.45, 7) is 15.2. The van der Waals surface area contributed by atoms with Crippen molar-refractivity contribution < 1.29 is 0 Å². The highest BCUT2D eigenvalue weighted by Crippen LogP contribution is 2.10. The molecule has 0 aromatic carbocycles. The smallest absolute Gasteiger partial charge is 0.0306 e. The first-order chi connectivity index (χ1) is 3.89. The Hall–Kier alpha value is 0.651. The van der Waals surface area contributed by atoms with Crippen LogP contribution in [0, 0.1) is 0 Å². The third-order valence-corrected chi connectivity index (χ3v) is 35.0. The highest BCUT2D eigenvalue weighted by molar-refractivity contribution is 7.58. The molecule has 0 atom stereocenters. The standard InChI is InChI=1S/C6H19Si3/c1-7(2)9(5,6)8(3)4/h7H,1-6H3. The van der Waals surface area contributed by atoms with Gasteiger partial charge in [-0.1, -0.05) is 39.3 Å². The van der Waals surface area contributed by atoms with E-state index in [0.717, 1.165) is 0 Å². The van der Waals surface area contributed by atoms with Crippen molar-refractivity contribution in [1.29, 1.82) is 0 Å². The fourth-order valence-electron chi connectivity index (χ4n) is 0.577. The molecule has 0 fully saturated rings. The van der Waals surface area contributed by atoms with Crippen LogP contribution in [-0.2, 0) is 0 Å². The van der Waals surface area contributed by atoms with Crippen molar-refractivity contribution in [3.05, 3.63) is 0 Å². The molecule has 0 bridgehead atoms. The lowest BCUT2D eigenvalue weighted by atomic mass is 11.9. The molecular formula is C6H19Si3. The Bertz CT molecular complexity index is 76.3. The van der Waals surface area contributed by atoms with E-state index in [0.29, 0.717) is 0 Å². The SMILES string of the molecule is C[Si](C)[Si](C)(C)[SiH](C)C. The van der Waals surface area contributed by atoms with Crippen molar-refractivity contribution in [1.82, 2.24) is 0 Å². The predicted molar refractivity (Wildman–Crippen MR) is 53.8 cm³/mol. The highest BCUT2D eigenvalue weighted by Gasteiger charge is 2.29. The molecule has 9 heavy (non-hydrogen) atoms. The van der Waals surface area contributed by atoms with Crippen LogP contribution in [0.1, 0.15) is 0 Å². The fourth-order valence-corrected chi connectivity index (χ4v) is 15.6. The van der Waals surface area contributed by atoms with E-state index in [4.69, 9.17) is 0 Å². The number of hydrogen-bond acceptors (Lipinski definition) is 0. The van der Waals surface area contributed by atoms with Crippen LogP contribution in [0.2, 0.25) is 39.3 Å². The third kappa shape index (κ3) is 2.39. The van der Waals surface area contributed by atoms with Crippen LogP contribution in [0.5, 0.6) is 0 Å². The van der Waals surface area contributed by atoms with Gasteiger partial charge < -0.3 is 0 Å². The molecule has 1 radical (unpaired) electrons. The average molecular weight is 175 g/mol. The topological polar surface area (TPSA) is 0 Å². The van der Waals surface area contributed by atoms with E-state index < -0.39 is 7.11 Å². The van der Waals surface area contributed by atoms with Crippen LogP contribution < -0.4 is 0 Å². The third-order valence-electron chi connectivity index (χ3n) is 2.73. The van der Waals surface area contributed by atoms with Crippen molar-refractivity contribution in [3.63, 3.8) is 0 Å². The second-order valence-electron chi connectivity index (χ2n) is 3.88. The largest absolute Gasteiger partial charge is 0.0743 e. The molecule has 0 aromatic heterocycles. The molecule has 0 aromatic rings. The minimum atomic E-state index is -0.617. The van der Waals surface area contributed by atoms with Crippen molar-refractivity contribution >= 4 is 23.7 Å². The summed E-state index contributed by atoms with van der Waals surface area (Å²) in [5, 5.41) is 0. The van der Waals surface area contributed by atoms with Gasteiger partial charge in [0.05, 0.1) is 0 Å². The molecule has 3 heteroatoms. The number of hydrogen-bond donors (Lipinski definition) is 0. The van der Waals surface area contributed by atoms with Gasteiger partial charge >= 0.3 is 0 Å². The van der Waals surface area contributed by atoms with Crippen LogP contribution >= 0.6 is 0 Å². The van der Waals surface area contributed by atoms with Crippen molar-refractivity contribution in [3.8, 4) is 0 Å². The molecule has 0 unspecified atom stereocenters. The minimum absolute atomic E-state index is 0.0903. The molecule has 0 aliphatic rings. The van der Waals surface area contributed by atoms with E-state index in [1.54, 1.807) is 0 Å². The second-order valence-corrected chi connectivity index (χ2v) is 28.0. The average Bonchev–Trinajstić information content (AvgIpc) is 1.65. The molecule has 0 aliphatic carbocycles. The zero-order valence-electron chi connectivity index (χ0n) is 7.58. The van der Waals surface area contributed by atoms with Gasteiger partial charge in [0.1, 0.15) is 0 Å². The lowest BCUT2D eigenvalue weighted by Crippen LogP contribution is -2.52. The van der Waals surface area contributed by atoms with Gasteiger partial charge in [-0.15, -0.1) is 0 Å².